The van der Waals surface area contributed by atoms with E-state index in [-0.39, 0.29) is 9.52 Å². The molecule has 1 aromatic carbocycles. The summed E-state index contributed by atoms with van der Waals surface area (Å²) in [5, 5.41) is 1.60. The summed E-state index contributed by atoms with van der Waals surface area (Å²) >= 11 is 0. The Morgan fingerprint density at radius 2 is 2.07 bits per heavy atom. The first kappa shape index (κ1) is 12.2. The topological polar surface area (TPSA) is 0 Å². The number of benzene rings is 1. The van der Waals surface area contributed by atoms with E-state index in [0.29, 0.717) is 0 Å². The smallest absolute Gasteiger partial charge is 0.0782 e. The monoisotopic (exact) mass is 218 g/mol. The lowest BCUT2D eigenvalue weighted by atomic mass is 10.1. The lowest BCUT2D eigenvalue weighted by molar-refractivity contribution is 0.815. The molecular weight excluding hydrogens is 196 g/mol. The summed E-state index contributed by atoms with van der Waals surface area (Å²) in [4.78, 5) is 0. The van der Waals surface area contributed by atoms with Crippen LogP contribution in [0.15, 0.2) is 30.0 Å². The van der Waals surface area contributed by atoms with Gasteiger partial charge < -0.3 is 0 Å². The average Bonchev–Trinajstić information content (AvgIpc) is 2.24. The Balaban J connectivity index is 2.50. The largest absolute Gasteiger partial charge is 0.100 e. The van der Waals surface area contributed by atoms with E-state index < -0.39 is 0 Å². The number of aryl methyl sites for hydroxylation is 1. The molecule has 82 valence electrons. The number of hydrogen-bond acceptors (Lipinski definition) is 0. The molecule has 0 radical (unpaired) electrons. The van der Waals surface area contributed by atoms with Gasteiger partial charge in [-0.25, -0.2) is 0 Å². The van der Waals surface area contributed by atoms with Gasteiger partial charge in [-0.05, 0) is 31.4 Å². The van der Waals surface area contributed by atoms with Gasteiger partial charge >= 0.3 is 0 Å². The predicted octanol–water partition coefficient (Wildman–Crippen LogP) is 2.80. The van der Waals surface area contributed by atoms with Gasteiger partial charge in [0.25, 0.3) is 0 Å². The molecule has 0 aromatic heterocycles. The molecular formula is C14H22Si. The third-order valence-corrected chi connectivity index (χ3v) is 4.72. The van der Waals surface area contributed by atoms with Gasteiger partial charge in [-0.2, -0.15) is 0 Å². The van der Waals surface area contributed by atoms with Crippen molar-refractivity contribution in [3.8, 4) is 0 Å². The van der Waals surface area contributed by atoms with Crippen LogP contribution in [0.25, 0.3) is 0 Å². The number of rotatable bonds is 5. The number of hydrogen-bond donors (Lipinski definition) is 0. The molecule has 0 atom stereocenters. The Morgan fingerprint density at radius 1 is 1.27 bits per heavy atom. The van der Waals surface area contributed by atoms with Crippen molar-refractivity contribution >= 4 is 14.7 Å². The molecule has 0 aliphatic carbocycles. The second kappa shape index (κ2) is 6.62. The highest BCUT2D eigenvalue weighted by molar-refractivity contribution is 6.59. The molecule has 0 amide bonds. The minimum Gasteiger partial charge on any atom is -0.100 e. The Hall–Kier alpha value is -0.823. The summed E-state index contributed by atoms with van der Waals surface area (Å²) in [5.41, 5.74) is 5.38. The average molecular weight is 218 g/mol. The summed E-state index contributed by atoms with van der Waals surface area (Å²) in [5.74, 6) is 0. The van der Waals surface area contributed by atoms with E-state index in [9.17, 15) is 0 Å². The minimum absolute atomic E-state index is 0.170. The molecule has 0 aliphatic heterocycles. The summed E-state index contributed by atoms with van der Waals surface area (Å²) in [6.07, 6.45) is 6.26. The molecule has 0 unspecified atom stereocenters. The van der Waals surface area contributed by atoms with E-state index >= 15 is 0 Å². The van der Waals surface area contributed by atoms with Crippen molar-refractivity contribution in [1.29, 1.82) is 0 Å². The summed E-state index contributed by atoms with van der Waals surface area (Å²) in [7, 11) is -0.170. The summed E-state index contributed by atoms with van der Waals surface area (Å²) < 4.78 is 0. The third-order valence-electron chi connectivity index (χ3n) is 2.95. The minimum atomic E-state index is -0.170. The van der Waals surface area contributed by atoms with E-state index in [1.54, 1.807) is 5.19 Å². The van der Waals surface area contributed by atoms with Crippen LogP contribution in [0.4, 0.5) is 0 Å². The zero-order chi connectivity index (χ0) is 11.1. The van der Waals surface area contributed by atoms with E-state index in [0.717, 1.165) is 0 Å². The molecule has 0 saturated carbocycles. The van der Waals surface area contributed by atoms with Crippen LogP contribution in [-0.2, 0) is 0 Å². The summed E-state index contributed by atoms with van der Waals surface area (Å²) in [6.45, 7) is 6.70. The molecule has 0 N–H and O–H groups in total. The summed E-state index contributed by atoms with van der Waals surface area (Å²) in [6, 6.07) is 6.68. The van der Waals surface area contributed by atoms with Crippen molar-refractivity contribution in [1.82, 2.24) is 0 Å². The quantitative estimate of drug-likeness (QED) is 0.527. The molecule has 0 bridgehead atoms. The van der Waals surface area contributed by atoms with Crippen LogP contribution >= 0.6 is 0 Å². The highest BCUT2D eigenvalue weighted by Crippen LogP contribution is 2.02. The molecule has 0 spiro atoms. The van der Waals surface area contributed by atoms with Gasteiger partial charge in [0.15, 0.2) is 0 Å². The second-order valence-corrected chi connectivity index (χ2v) is 5.82. The lowest BCUT2D eigenvalue weighted by Crippen LogP contribution is -2.16. The van der Waals surface area contributed by atoms with Crippen LogP contribution in [0.3, 0.4) is 0 Å². The van der Waals surface area contributed by atoms with Crippen LogP contribution in [0, 0.1) is 13.8 Å². The molecule has 1 rings (SSSR count). The third kappa shape index (κ3) is 4.04. The standard InChI is InChI=1S/C14H22Si/c1-4-5-6-7-11-15-14-10-8-9-12(2)13(14)3/h7-11H,4-6,15H2,1-3H3. The van der Waals surface area contributed by atoms with Crippen molar-refractivity contribution in [2.45, 2.75) is 40.0 Å². The van der Waals surface area contributed by atoms with Gasteiger partial charge in [0.1, 0.15) is 0 Å². The molecule has 0 fully saturated rings. The lowest BCUT2D eigenvalue weighted by Gasteiger charge is -2.05. The Morgan fingerprint density at radius 3 is 2.80 bits per heavy atom. The predicted molar refractivity (Wildman–Crippen MR) is 72.8 cm³/mol. The highest BCUT2D eigenvalue weighted by atomic mass is 28.2. The maximum atomic E-state index is 2.44. The van der Waals surface area contributed by atoms with Crippen LogP contribution < -0.4 is 5.19 Å². The maximum absolute atomic E-state index is 2.44. The molecule has 0 aliphatic rings. The highest BCUT2D eigenvalue weighted by Gasteiger charge is 1.97. The van der Waals surface area contributed by atoms with E-state index in [4.69, 9.17) is 0 Å². The van der Waals surface area contributed by atoms with Gasteiger partial charge in [0, 0.05) is 0 Å². The number of allylic oxidation sites excluding steroid dienone is 1. The normalized spacial score (nSPS) is 11.9. The fourth-order valence-corrected chi connectivity index (χ4v) is 3.20. The van der Waals surface area contributed by atoms with Crippen molar-refractivity contribution in [3.63, 3.8) is 0 Å². The Labute approximate surface area is 96.2 Å². The van der Waals surface area contributed by atoms with Gasteiger partial charge in [0.2, 0.25) is 0 Å². The van der Waals surface area contributed by atoms with Crippen LogP contribution in [0.5, 0.6) is 0 Å². The number of unbranched alkanes of at least 4 members (excludes halogenated alkanes) is 2. The van der Waals surface area contributed by atoms with Gasteiger partial charge in [0.05, 0.1) is 9.52 Å². The van der Waals surface area contributed by atoms with Crippen LogP contribution in [0.2, 0.25) is 0 Å². The van der Waals surface area contributed by atoms with Gasteiger partial charge in [-0.15, -0.1) is 5.70 Å². The second-order valence-electron chi connectivity index (χ2n) is 4.18. The van der Waals surface area contributed by atoms with E-state index in [1.165, 1.54) is 30.4 Å². The zero-order valence-electron chi connectivity index (χ0n) is 10.2. The Kier molecular flexibility index (Phi) is 5.41. The molecule has 0 heterocycles. The Bertz CT molecular complexity index is 326. The fraction of sp³-hybridized carbons (Fsp3) is 0.429. The fourth-order valence-electron chi connectivity index (χ4n) is 1.68. The van der Waals surface area contributed by atoms with Crippen molar-refractivity contribution < 1.29 is 0 Å². The molecule has 0 nitrogen and oxygen atoms in total. The van der Waals surface area contributed by atoms with Gasteiger partial charge in [-0.1, -0.05) is 49.2 Å². The van der Waals surface area contributed by atoms with E-state index in [2.05, 4.69) is 50.7 Å². The molecule has 1 aromatic rings. The SMILES string of the molecule is CCCCC=C[SiH2]c1cccc(C)c1C. The first-order valence-corrected chi connectivity index (χ1v) is 7.48. The molecule has 1 heteroatoms. The van der Waals surface area contributed by atoms with E-state index in [1.807, 2.05) is 0 Å². The first-order chi connectivity index (χ1) is 7.25. The first-order valence-electron chi connectivity index (χ1n) is 5.95. The van der Waals surface area contributed by atoms with Crippen LogP contribution in [-0.4, -0.2) is 9.52 Å². The van der Waals surface area contributed by atoms with Crippen LogP contribution in [0.1, 0.15) is 37.3 Å². The molecule has 15 heavy (non-hydrogen) atoms. The van der Waals surface area contributed by atoms with Crippen molar-refractivity contribution in [3.05, 3.63) is 41.1 Å². The zero-order valence-corrected chi connectivity index (χ0v) is 11.6. The van der Waals surface area contributed by atoms with Crippen molar-refractivity contribution in [2.75, 3.05) is 0 Å². The van der Waals surface area contributed by atoms with Crippen molar-refractivity contribution in [2.24, 2.45) is 0 Å². The molecule has 0 saturated heterocycles. The van der Waals surface area contributed by atoms with Gasteiger partial charge in [-0.3, -0.25) is 0 Å². The maximum Gasteiger partial charge on any atom is 0.0782 e.